The minimum absolute atomic E-state index is 0.0125. The number of aliphatic hydroxyl groups excluding tert-OH is 1. The number of ketones is 1. The Morgan fingerprint density at radius 1 is 0.677 bits per heavy atom. The average Bonchev–Trinajstić information content (AvgIpc) is 0.670. The van der Waals surface area contributed by atoms with Crippen molar-refractivity contribution in [1.82, 2.24) is 26.6 Å². The van der Waals surface area contributed by atoms with E-state index in [2.05, 4.69) is 26.6 Å². The fourth-order valence-electron chi connectivity index (χ4n) is 13.8. The molecule has 4 aliphatic rings. The van der Waals surface area contributed by atoms with E-state index in [0.29, 0.717) is 0 Å². The van der Waals surface area contributed by atoms with Crippen molar-refractivity contribution in [3.8, 4) is 0 Å². The maximum absolute atomic E-state index is 16.0. The first kappa shape index (κ1) is 77.5. The number of ether oxygens (including phenoxy) is 7. The van der Waals surface area contributed by atoms with Crippen molar-refractivity contribution in [2.75, 3.05) is 13.2 Å². The van der Waals surface area contributed by atoms with Crippen molar-refractivity contribution in [3.05, 3.63) is 119 Å². The summed E-state index contributed by atoms with van der Waals surface area (Å²) in [6.45, 7) is 21.0. The summed E-state index contributed by atoms with van der Waals surface area (Å²) in [5.41, 5.74) is -9.07. The number of benzene rings is 3. The second-order valence-corrected chi connectivity index (χ2v) is 28.6. The van der Waals surface area contributed by atoms with Gasteiger partial charge in [-0.1, -0.05) is 108 Å². The molecule has 5 amide bonds. The number of carbonyl (C=O) groups excluding carboxylic acids is 12. The normalized spacial score (nSPS) is 25.3. The van der Waals surface area contributed by atoms with Gasteiger partial charge in [0.05, 0.1) is 36.0 Å². The Bertz CT molecular complexity index is 3540. The maximum atomic E-state index is 16.0. The molecule has 99 heavy (non-hydrogen) atoms. The van der Waals surface area contributed by atoms with Gasteiger partial charge < -0.3 is 70.0 Å². The zero-order chi connectivity index (χ0) is 73.3. The first-order valence-corrected chi connectivity index (χ1v) is 33.5. The van der Waals surface area contributed by atoms with E-state index in [1.165, 1.54) is 71.0 Å². The molecule has 26 heteroatoms. The number of Topliss-reactive ketones (excluding diaryl/α,β-unsaturated/α-hetero) is 1. The van der Waals surface area contributed by atoms with Gasteiger partial charge in [-0.05, 0) is 107 Å². The Morgan fingerprint density at radius 3 is 1.82 bits per heavy atom. The Labute approximate surface area is 576 Å². The summed E-state index contributed by atoms with van der Waals surface area (Å²) in [6.07, 6.45) is -12.4. The van der Waals surface area contributed by atoms with Crippen LogP contribution in [0.4, 0.5) is 0 Å². The molecule has 26 nitrogen and oxygen atoms in total. The third-order valence-corrected chi connectivity index (χ3v) is 18.8. The standard InChI is InChI=1S/C73H95N5O21/c1-39(2)34-48(76-54(83)32-33-74-53(82)30-31-55(84)99-69(9,10)11)65(88)75-42(6)63(86)77-49(35-40(3)4)67(90)96-59(57(45-24-18-15-19-25-45)78-64(87)46-26-20-16-21-27-46)68(91)95-50-37-73(92)62(97-66(89)47-28-22-17-23-29-47)60-71(14,51(81)36-52-72(60,38-93-52)98-44(8)80)61(85)58(94-43(7)79)56(41(50)5)70(73,12)13/h15-29,39-40,42,48-52,57-60,62,81,92H,30-38H2,1-14H3,(H,74,82)(H,75,88)(H,76,83)(H,77,86)(H,78,87)/t42?,48?,49?,50-,51-,52+,57-,58+,59+,60-,62-,71+,72-,73+/m0/s1. The number of aliphatic hydroxyl groups is 2. The summed E-state index contributed by atoms with van der Waals surface area (Å²) in [5, 5.41) is 39.9. The summed E-state index contributed by atoms with van der Waals surface area (Å²) in [4.78, 5) is 169. The van der Waals surface area contributed by atoms with E-state index in [0.717, 1.165) is 13.8 Å². The molecule has 14 atom stereocenters. The SMILES string of the molecule is CC(=O)O[C@H]1C(=O)[C@@]2(C)[C@H]([C@H](OC(=O)c3ccccc3)[C@]3(O)C[C@H](OC(=O)[C@H](OC(=O)C(CC(C)C)NC(=O)C(C)NC(=O)C(CC(C)C)NC(=O)CCNC(=O)CCC(=O)OC(C)(C)C)[C@@H](NC(=O)c4ccccc4)c4ccccc4)C(C)=C1C3(C)C)[C@]1(OC(C)=O)CO[C@@H]1C[C@@H]2O. The van der Waals surface area contributed by atoms with Gasteiger partial charge in [-0.25, -0.2) is 14.4 Å². The molecule has 0 radical (unpaired) electrons. The molecule has 538 valence electrons. The van der Waals surface area contributed by atoms with Gasteiger partial charge in [0, 0.05) is 57.1 Å². The minimum Gasteiger partial charge on any atom is -0.460 e. The van der Waals surface area contributed by atoms with Crippen LogP contribution in [0.3, 0.4) is 0 Å². The maximum Gasteiger partial charge on any atom is 0.350 e. The second kappa shape index (κ2) is 32.0. The Morgan fingerprint density at radius 2 is 1.26 bits per heavy atom. The first-order chi connectivity index (χ1) is 46.3. The molecular weight excluding hydrogens is 1280 g/mol. The zero-order valence-corrected chi connectivity index (χ0v) is 58.7. The molecule has 7 rings (SSSR count). The number of carbonyl (C=O) groups is 12. The number of nitrogens with one attached hydrogen (secondary N) is 5. The zero-order valence-electron chi connectivity index (χ0n) is 58.7. The number of rotatable bonds is 27. The molecule has 7 N–H and O–H groups in total. The molecule has 0 aromatic heterocycles. The summed E-state index contributed by atoms with van der Waals surface area (Å²) in [6, 6.07) is 17.6. The molecule has 1 saturated heterocycles. The van der Waals surface area contributed by atoms with Gasteiger partial charge in [-0.3, -0.25) is 43.2 Å². The molecular formula is C73H95N5O21. The highest BCUT2D eigenvalue weighted by molar-refractivity contribution is 5.97. The van der Waals surface area contributed by atoms with Crippen molar-refractivity contribution in [2.24, 2.45) is 28.6 Å². The van der Waals surface area contributed by atoms with E-state index >= 15 is 14.4 Å². The molecule has 3 aromatic carbocycles. The van der Waals surface area contributed by atoms with Crippen molar-refractivity contribution in [2.45, 2.75) is 219 Å². The monoisotopic (exact) mass is 1380 g/mol. The molecule has 1 aliphatic heterocycles. The molecule has 2 saturated carbocycles. The molecule has 3 unspecified atom stereocenters. The van der Waals surface area contributed by atoms with E-state index in [9.17, 15) is 53.4 Å². The van der Waals surface area contributed by atoms with Crippen LogP contribution in [0.15, 0.2) is 102 Å². The summed E-state index contributed by atoms with van der Waals surface area (Å²) in [5.74, 6) is -12.7. The highest BCUT2D eigenvalue weighted by Crippen LogP contribution is 2.64. The number of hydrogen-bond donors (Lipinski definition) is 7. The van der Waals surface area contributed by atoms with Crippen molar-refractivity contribution in [1.29, 1.82) is 0 Å². The second-order valence-electron chi connectivity index (χ2n) is 28.6. The average molecular weight is 1380 g/mol. The molecule has 0 spiro atoms. The largest absolute Gasteiger partial charge is 0.460 e. The van der Waals surface area contributed by atoms with Crippen LogP contribution in [0.2, 0.25) is 0 Å². The molecule has 3 fully saturated rings. The van der Waals surface area contributed by atoms with E-state index < -0.39 is 179 Å². The fraction of sp³-hybridized carbons (Fsp3) is 0.562. The number of hydrogen-bond acceptors (Lipinski definition) is 21. The topological polar surface area (TPSA) is 370 Å². The Hall–Kier alpha value is -8.88. The Kier molecular flexibility index (Phi) is 25.0. The highest BCUT2D eigenvalue weighted by atomic mass is 16.6. The van der Waals surface area contributed by atoms with Gasteiger partial charge in [-0.15, -0.1) is 0 Å². The molecule has 3 aromatic rings. The van der Waals surface area contributed by atoms with Gasteiger partial charge in [0.2, 0.25) is 29.7 Å². The fourth-order valence-corrected chi connectivity index (χ4v) is 13.8. The molecule has 3 aliphatic carbocycles. The number of fused-ring (bicyclic) bond motifs is 5. The van der Waals surface area contributed by atoms with Gasteiger partial charge in [0.15, 0.2) is 17.5 Å². The summed E-state index contributed by atoms with van der Waals surface area (Å²) >= 11 is 0. The third kappa shape index (κ3) is 18.0. The van der Waals surface area contributed by atoms with E-state index in [1.807, 2.05) is 13.8 Å². The molecule has 2 bridgehead atoms. The lowest BCUT2D eigenvalue weighted by molar-refractivity contribution is -0.346. The van der Waals surface area contributed by atoms with Crippen LogP contribution in [0.25, 0.3) is 0 Å². The van der Waals surface area contributed by atoms with E-state index in [1.54, 1.807) is 89.2 Å². The first-order valence-electron chi connectivity index (χ1n) is 33.5. The predicted molar refractivity (Wildman–Crippen MR) is 355 cm³/mol. The number of esters is 6. The van der Waals surface area contributed by atoms with Crippen LogP contribution in [-0.2, 0) is 81.1 Å². The predicted octanol–water partition coefficient (Wildman–Crippen LogP) is 5.48. The smallest absolute Gasteiger partial charge is 0.350 e. The van der Waals surface area contributed by atoms with Crippen molar-refractivity contribution < 1.29 is 101 Å². The van der Waals surface area contributed by atoms with Crippen LogP contribution in [0, 0.1) is 28.6 Å². The summed E-state index contributed by atoms with van der Waals surface area (Å²) < 4.78 is 42.7. The lowest BCUT2D eigenvalue weighted by atomic mass is 9.44. The van der Waals surface area contributed by atoms with Crippen molar-refractivity contribution >= 4 is 71.1 Å². The lowest BCUT2D eigenvalue weighted by Gasteiger charge is -2.67. The summed E-state index contributed by atoms with van der Waals surface area (Å²) in [7, 11) is 0. The van der Waals surface area contributed by atoms with Crippen molar-refractivity contribution in [3.63, 3.8) is 0 Å². The van der Waals surface area contributed by atoms with Crippen LogP contribution >= 0.6 is 0 Å². The quantitative estimate of drug-likeness (QED) is 0.0282. The van der Waals surface area contributed by atoms with Crippen LogP contribution in [-0.4, -0.2) is 166 Å². The van der Waals surface area contributed by atoms with Crippen LogP contribution in [0.1, 0.15) is 174 Å². The number of amides is 5. The van der Waals surface area contributed by atoms with Crippen LogP contribution in [0.5, 0.6) is 0 Å². The van der Waals surface area contributed by atoms with E-state index in [4.69, 9.17) is 33.2 Å². The van der Waals surface area contributed by atoms with Gasteiger partial charge in [0.1, 0.15) is 53.7 Å². The lowest BCUT2D eigenvalue weighted by Crippen LogP contribution is -2.82. The van der Waals surface area contributed by atoms with E-state index in [-0.39, 0.29) is 84.7 Å². The van der Waals surface area contributed by atoms with Gasteiger partial charge in [0.25, 0.3) is 5.91 Å². The van der Waals surface area contributed by atoms with Crippen LogP contribution < -0.4 is 26.6 Å². The van der Waals surface area contributed by atoms with Gasteiger partial charge in [-0.2, -0.15) is 0 Å². The third-order valence-electron chi connectivity index (χ3n) is 18.8. The minimum atomic E-state index is -2.59. The Balaban J connectivity index is 1.26. The highest BCUT2D eigenvalue weighted by Gasteiger charge is 2.78. The van der Waals surface area contributed by atoms with Gasteiger partial charge >= 0.3 is 35.8 Å². The molecule has 1 heterocycles.